The number of halogens is 5. The molecule has 0 aromatic heterocycles. The van der Waals surface area contributed by atoms with Gasteiger partial charge in [-0.15, -0.1) is 0 Å². The molecule has 7 heteroatoms. The highest BCUT2D eigenvalue weighted by Gasteiger charge is 2.46. The van der Waals surface area contributed by atoms with E-state index >= 15 is 0 Å². The third-order valence-electron chi connectivity index (χ3n) is 4.41. The van der Waals surface area contributed by atoms with Crippen LogP contribution in [0, 0.1) is 29.1 Å². The van der Waals surface area contributed by atoms with Crippen LogP contribution in [0.15, 0.2) is 0 Å². The lowest BCUT2D eigenvalue weighted by Crippen LogP contribution is -2.61. The first kappa shape index (κ1) is 17.7. The maximum absolute atomic E-state index is 13.9. The molecule has 1 aromatic carbocycles. The van der Waals surface area contributed by atoms with Crippen molar-refractivity contribution in [3.05, 3.63) is 34.6 Å². The van der Waals surface area contributed by atoms with E-state index in [1.165, 1.54) is 4.90 Å². The predicted octanol–water partition coefficient (Wildman–Crippen LogP) is 4.57. The van der Waals surface area contributed by atoms with Crippen molar-refractivity contribution in [1.82, 2.24) is 4.90 Å². The third-order valence-corrected chi connectivity index (χ3v) is 4.41. The summed E-state index contributed by atoms with van der Waals surface area (Å²) in [6.45, 7) is 6.82. The van der Waals surface area contributed by atoms with E-state index in [1.54, 1.807) is 27.7 Å². The van der Waals surface area contributed by atoms with Crippen LogP contribution in [0.25, 0.3) is 0 Å². The smallest absolute Gasteiger partial charge is 0.260 e. The van der Waals surface area contributed by atoms with E-state index < -0.39 is 51.6 Å². The molecule has 0 bridgehead atoms. The van der Waals surface area contributed by atoms with Crippen molar-refractivity contribution in [1.29, 1.82) is 0 Å². The second-order valence-corrected chi connectivity index (χ2v) is 7.06. The molecule has 1 aliphatic heterocycles. The zero-order valence-corrected chi connectivity index (χ0v) is 13.4. The van der Waals surface area contributed by atoms with Crippen LogP contribution in [-0.4, -0.2) is 21.9 Å². The maximum Gasteiger partial charge on any atom is 0.260 e. The van der Waals surface area contributed by atoms with Crippen LogP contribution >= 0.6 is 0 Å². The van der Waals surface area contributed by atoms with Crippen LogP contribution in [0.4, 0.5) is 22.0 Å². The fourth-order valence-corrected chi connectivity index (χ4v) is 3.45. The number of hydrogen-bond donors (Lipinski definition) is 0. The van der Waals surface area contributed by atoms with Crippen LogP contribution in [0.3, 0.4) is 0 Å². The van der Waals surface area contributed by atoms with E-state index in [0.29, 0.717) is 12.8 Å². The lowest BCUT2D eigenvalue weighted by Gasteiger charge is -2.53. The molecular formula is C16H18F5NO. The number of carbonyl (C=O) groups excluding carboxylic acids is 1. The van der Waals surface area contributed by atoms with Gasteiger partial charge in [-0.25, -0.2) is 22.0 Å². The lowest BCUT2D eigenvalue weighted by molar-refractivity contribution is -0.0120. The normalized spacial score (nSPS) is 19.8. The van der Waals surface area contributed by atoms with Gasteiger partial charge >= 0.3 is 0 Å². The Morgan fingerprint density at radius 1 is 0.783 bits per heavy atom. The molecule has 2 nitrogen and oxygen atoms in total. The van der Waals surface area contributed by atoms with Crippen molar-refractivity contribution < 1.29 is 26.7 Å². The quantitative estimate of drug-likeness (QED) is 0.418. The fraction of sp³-hybridized carbons (Fsp3) is 0.562. The summed E-state index contributed by atoms with van der Waals surface area (Å²) in [6.07, 6.45) is 1.93. The van der Waals surface area contributed by atoms with Gasteiger partial charge < -0.3 is 4.90 Å². The van der Waals surface area contributed by atoms with E-state index in [-0.39, 0.29) is 0 Å². The van der Waals surface area contributed by atoms with E-state index in [4.69, 9.17) is 0 Å². The topological polar surface area (TPSA) is 20.3 Å². The maximum atomic E-state index is 13.9. The molecule has 0 radical (unpaired) electrons. The summed E-state index contributed by atoms with van der Waals surface area (Å²) in [5, 5.41) is 0. The molecular weight excluding hydrogens is 317 g/mol. The molecule has 0 saturated carbocycles. The van der Waals surface area contributed by atoms with Crippen LogP contribution in [0.1, 0.15) is 57.3 Å². The zero-order chi connectivity index (χ0) is 17.7. The van der Waals surface area contributed by atoms with Crippen molar-refractivity contribution in [3.63, 3.8) is 0 Å². The van der Waals surface area contributed by atoms with Crippen molar-refractivity contribution in [2.45, 2.75) is 58.0 Å². The minimum Gasteiger partial charge on any atom is -0.328 e. The first-order valence-corrected chi connectivity index (χ1v) is 7.28. The van der Waals surface area contributed by atoms with Gasteiger partial charge in [0.2, 0.25) is 5.82 Å². The lowest BCUT2D eigenvalue weighted by atomic mass is 9.79. The minimum absolute atomic E-state index is 0.567. The summed E-state index contributed by atoms with van der Waals surface area (Å²) >= 11 is 0. The van der Waals surface area contributed by atoms with Gasteiger partial charge in [0.15, 0.2) is 23.3 Å². The van der Waals surface area contributed by atoms with Crippen LogP contribution < -0.4 is 0 Å². The van der Waals surface area contributed by atoms with Gasteiger partial charge in [0.05, 0.1) is 0 Å². The first-order chi connectivity index (χ1) is 10.4. The van der Waals surface area contributed by atoms with Gasteiger partial charge in [-0.1, -0.05) is 0 Å². The molecule has 0 aliphatic carbocycles. The number of rotatable bonds is 1. The second-order valence-electron chi connectivity index (χ2n) is 7.06. The fourth-order valence-electron chi connectivity index (χ4n) is 3.45. The number of benzene rings is 1. The molecule has 0 unspecified atom stereocenters. The molecule has 0 spiro atoms. The van der Waals surface area contributed by atoms with E-state index in [9.17, 15) is 26.7 Å². The van der Waals surface area contributed by atoms with Crippen molar-refractivity contribution in [2.24, 2.45) is 0 Å². The molecule has 2 rings (SSSR count). The molecule has 128 valence electrons. The molecule has 1 heterocycles. The van der Waals surface area contributed by atoms with Crippen LogP contribution in [0.5, 0.6) is 0 Å². The number of amides is 1. The molecule has 1 amide bonds. The Morgan fingerprint density at radius 3 is 1.52 bits per heavy atom. The zero-order valence-electron chi connectivity index (χ0n) is 13.4. The van der Waals surface area contributed by atoms with E-state index in [1.807, 2.05) is 0 Å². The van der Waals surface area contributed by atoms with Gasteiger partial charge in [-0.05, 0) is 47.0 Å². The van der Waals surface area contributed by atoms with Gasteiger partial charge in [0, 0.05) is 11.1 Å². The predicted molar refractivity (Wildman–Crippen MR) is 74.4 cm³/mol. The van der Waals surface area contributed by atoms with Gasteiger partial charge in [0.25, 0.3) is 5.91 Å². The number of carbonyl (C=O) groups is 1. The Hall–Kier alpha value is -1.66. The number of nitrogens with zero attached hydrogens (tertiary/aromatic N) is 1. The Bertz CT molecular complexity index is 624. The van der Waals surface area contributed by atoms with Crippen molar-refractivity contribution >= 4 is 5.91 Å². The average Bonchev–Trinajstić information content (AvgIpc) is 2.41. The summed E-state index contributed by atoms with van der Waals surface area (Å²) in [4.78, 5) is 13.9. The summed E-state index contributed by atoms with van der Waals surface area (Å²) in [6, 6.07) is 0. The third kappa shape index (κ3) is 2.70. The number of likely N-dealkylation sites (tertiary alicyclic amines) is 1. The summed E-state index contributed by atoms with van der Waals surface area (Å²) in [5.74, 6) is -11.9. The van der Waals surface area contributed by atoms with Crippen molar-refractivity contribution in [3.8, 4) is 0 Å². The molecule has 1 saturated heterocycles. The summed E-state index contributed by atoms with van der Waals surface area (Å²) in [7, 11) is 0. The Kier molecular flexibility index (Phi) is 4.20. The standard InChI is InChI=1S/C16H18F5NO/c1-15(2)6-5-7-16(3,4)22(15)14(23)8-9(17)11(19)13(21)12(20)10(8)18/h5-7H2,1-4H3. The van der Waals surface area contributed by atoms with E-state index in [0.717, 1.165) is 6.42 Å². The molecule has 1 fully saturated rings. The first-order valence-electron chi connectivity index (χ1n) is 7.28. The van der Waals surface area contributed by atoms with Gasteiger partial charge in [0.1, 0.15) is 5.56 Å². The number of piperidine rings is 1. The molecule has 1 aliphatic rings. The van der Waals surface area contributed by atoms with Gasteiger partial charge in [-0.2, -0.15) is 0 Å². The van der Waals surface area contributed by atoms with Crippen molar-refractivity contribution in [2.75, 3.05) is 0 Å². The van der Waals surface area contributed by atoms with Crippen LogP contribution in [0.2, 0.25) is 0 Å². The second kappa shape index (κ2) is 5.46. The molecule has 0 N–H and O–H groups in total. The van der Waals surface area contributed by atoms with Gasteiger partial charge in [-0.3, -0.25) is 4.79 Å². The Labute approximate surface area is 131 Å². The highest BCUT2D eigenvalue weighted by molar-refractivity contribution is 5.96. The average molecular weight is 335 g/mol. The Balaban J connectivity index is 2.65. The summed E-state index contributed by atoms with van der Waals surface area (Å²) < 4.78 is 67.8. The monoisotopic (exact) mass is 335 g/mol. The van der Waals surface area contributed by atoms with E-state index in [2.05, 4.69) is 0 Å². The van der Waals surface area contributed by atoms with Crippen LogP contribution in [-0.2, 0) is 0 Å². The number of hydrogen-bond acceptors (Lipinski definition) is 1. The highest BCUT2D eigenvalue weighted by Crippen LogP contribution is 2.40. The summed E-state index contributed by atoms with van der Waals surface area (Å²) in [5.41, 5.74) is -2.93. The molecule has 1 aromatic rings. The molecule has 23 heavy (non-hydrogen) atoms. The molecule has 0 atom stereocenters. The highest BCUT2D eigenvalue weighted by atomic mass is 19.2. The SMILES string of the molecule is CC1(C)CCCC(C)(C)N1C(=O)c1c(F)c(F)c(F)c(F)c1F. The minimum atomic E-state index is -2.27. The Morgan fingerprint density at radius 2 is 1.13 bits per heavy atom. The largest absolute Gasteiger partial charge is 0.328 e.